The van der Waals surface area contributed by atoms with Crippen molar-refractivity contribution in [3.8, 4) is 0 Å². The largest absolute Gasteiger partial charge is 0.416 e. The van der Waals surface area contributed by atoms with Gasteiger partial charge < -0.3 is 10.6 Å². The van der Waals surface area contributed by atoms with E-state index in [0.29, 0.717) is 5.69 Å². The maximum absolute atomic E-state index is 12.6. The van der Waals surface area contributed by atoms with E-state index >= 15 is 0 Å². The van der Waals surface area contributed by atoms with Crippen LogP contribution in [-0.4, -0.2) is 22.1 Å². The molecule has 2 aromatic rings. The number of carbonyl (C=O) groups is 1. The van der Waals surface area contributed by atoms with E-state index in [9.17, 15) is 22.8 Å². The summed E-state index contributed by atoms with van der Waals surface area (Å²) in [6.45, 7) is 2.00. The van der Waals surface area contributed by atoms with Crippen LogP contribution < -0.4 is 16.2 Å². The lowest BCUT2D eigenvalue weighted by molar-refractivity contribution is -0.137. The molecule has 0 saturated heterocycles. The molecule has 0 atom stereocenters. The summed E-state index contributed by atoms with van der Waals surface area (Å²) >= 11 is 0. The molecule has 0 unspecified atom stereocenters. The Morgan fingerprint density at radius 1 is 1.29 bits per heavy atom. The van der Waals surface area contributed by atoms with Crippen LogP contribution in [-0.2, 0) is 12.7 Å². The second-order valence-electron chi connectivity index (χ2n) is 5.02. The van der Waals surface area contributed by atoms with Crippen LogP contribution in [0, 0.1) is 6.92 Å². The van der Waals surface area contributed by atoms with Gasteiger partial charge in [0.15, 0.2) is 0 Å². The third-order valence-corrected chi connectivity index (χ3v) is 3.10. The number of hydrogen-bond acceptors (Lipinski definition) is 3. The highest BCUT2D eigenvalue weighted by atomic mass is 19.4. The van der Waals surface area contributed by atoms with Crippen LogP contribution in [0.1, 0.15) is 11.3 Å². The lowest BCUT2D eigenvalue weighted by Gasteiger charge is -2.11. The molecular weight excluding hydrogens is 325 g/mol. The van der Waals surface area contributed by atoms with Crippen LogP contribution in [0.5, 0.6) is 0 Å². The first-order valence-electron chi connectivity index (χ1n) is 7.01. The molecule has 128 valence electrons. The summed E-state index contributed by atoms with van der Waals surface area (Å²) in [4.78, 5) is 27.3. The van der Waals surface area contributed by atoms with Gasteiger partial charge in [0.1, 0.15) is 0 Å². The van der Waals surface area contributed by atoms with Crippen molar-refractivity contribution in [2.24, 2.45) is 0 Å². The number of carbonyl (C=O) groups excluding carboxylic acids is 1. The van der Waals surface area contributed by atoms with Crippen LogP contribution in [0.15, 0.2) is 41.5 Å². The Kier molecular flexibility index (Phi) is 5.22. The van der Waals surface area contributed by atoms with Crippen molar-refractivity contribution < 1.29 is 18.0 Å². The molecule has 6 nitrogen and oxygen atoms in total. The summed E-state index contributed by atoms with van der Waals surface area (Å²) in [5.41, 5.74) is -0.483. The Morgan fingerprint density at radius 2 is 2.04 bits per heavy atom. The van der Waals surface area contributed by atoms with Crippen LogP contribution in [0.3, 0.4) is 0 Å². The summed E-state index contributed by atoms with van der Waals surface area (Å²) in [6, 6.07) is 5.01. The van der Waals surface area contributed by atoms with E-state index in [4.69, 9.17) is 0 Å². The number of nitrogens with zero attached hydrogens (tertiary/aromatic N) is 2. The van der Waals surface area contributed by atoms with Crippen molar-refractivity contribution in [1.29, 1.82) is 0 Å². The number of aryl methyl sites for hydroxylation is 1. The predicted molar refractivity (Wildman–Crippen MR) is 81.7 cm³/mol. The highest BCUT2D eigenvalue weighted by Gasteiger charge is 2.30. The lowest BCUT2D eigenvalue weighted by atomic mass is 10.2. The predicted octanol–water partition coefficient (Wildman–Crippen LogP) is 2.39. The van der Waals surface area contributed by atoms with Gasteiger partial charge in [-0.25, -0.2) is 9.78 Å². The van der Waals surface area contributed by atoms with Crippen molar-refractivity contribution in [3.05, 3.63) is 58.3 Å². The average molecular weight is 340 g/mol. The first-order chi connectivity index (χ1) is 11.3. The van der Waals surface area contributed by atoms with Crippen molar-refractivity contribution in [2.75, 3.05) is 11.9 Å². The molecule has 1 heterocycles. The summed E-state index contributed by atoms with van der Waals surface area (Å²) in [5, 5.41) is 4.77. The number of urea groups is 1. The lowest BCUT2D eigenvalue weighted by Crippen LogP contribution is -2.33. The van der Waals surface area contributed by atoms with Gasteiger partial charge in [-0.05, 0) is 25.1 Å². The summed E-state index contributed by atoms with van der Waals surface area (Å²) < 4.78 is 39.1. The van der Waals surface area contributed by atoms with E-state index in [0.717, 1.165) is 12.1 Å². The van der Waals surface area contributed by atoms with E-state index in [2.05, 4.69) is 15.6 Å². The molecule has 0 fully saturated rings. The van der Waals surface area contributed by atoms with E-state index in [1.807, 2.05) is 0 Å². The third-order valence-electron chi connectivity index (χ3n) is 3.10. The molecule has 0 saturated carbocycles. The van der Waals surface area contributed by atoms with Gasteiger partial charge >= 0.3 is 12.2 Å². The number of hydrogen-bond donors (Lipinski definition) is 2. The monoisotopic (exact) mass is 340 g/mol. The SMILES string of the molecule is Cc1cc(=O)n(CCNC(=O)Nc2cccc(C(F)(F)F)c2)cn1. The van der Waals surface area contributed by atoms with Gasteiger partial charge in [-0.3, -0.25) is 9.36 Å². The maximum Gasteiger partial charge on any atom is 0.416 e. The zero-order valence-electron chi connectivity index (χ0n) is 12.7. The van der Waals surface area contributed by atoms with Gasteiger partial charge in [0.05, 0.1) is 11.9 Å². The third kappa shape index (κ3) is 4.83. The Labute approximate surface area is 135 Å². The number of amides is 2. The maximum atomic E-state index is 12.6. The van der Waals surface area contributed by atoms with Gasteiger partial charge in [0, 0.05) is 30.5 Å². The molecule has 2 N–H and O–H groups in total. The zero-order chi connectivity index (χ0) is 17.7. The molecule has 0 radical (unpaired) electrons. The second-order valence-corrected chi connectivity index (χ2v) is 5.02. The number of alkyl halides is 3. The molecule has 0 aliphatic carbocycles. The van der Waals surface area contributed by atoms with Gasteiger partial charge in [-0.1, -0.05) is 6.07 Å². The fourth-order valence-corrected chi connectivity index (χ4v) is 1.92. The molecule has 0 aliphatic heterocycles. The molecule has 2 rings (SSSR count). The summed E-state index contributed by atoms with van der Waals surface area (Å²) in [7, 11) is 0. The molecule has 0 aliphatic rings. The van der Waals surface area contributed by atoms with E-state index in [1.165, 1.54) is 29.1 Å². The summed E-state index contributed by atoms with van der Waals surface area (Å²) in [5.74, 6) is 0. The molecule has 1 aromatic carbocycles. The standard InChI is InChI=1S/C15H15F3N4O2/c1-10-7-13(23)22(9-20-10)6-5-19-14(24)21-12-4-2-3-11(8-12)15(16,17)18/h2-4,7-9H,5-6H2,1H3,(H2,19,21,24). The number of benzene rings is 1. The molecule has 2 amide bonds. The Bertz CT molecular complexity index is 787. The normalized spacial score (nSPS) is 11.2. The minimum atomic E-state index is -4.48. The fourth-order valence-electron chi connectivity index (χ4n) is 1.92. The van der Waals surface area contributed by atoms with Crippen molar-refractivity contribution in [1.82, 2.24) is 14.9 Å². The van der Waals surface area contributed by atoms with Gasteiger partial charge in [0.25, 0.3) is 5.56 Å². The average Bonchev–Trinajstić information content (AvgIpc) is 2.49. The van der Waals surface area contributed by atoms with Crippen LogP contribution >= 0.6 is 0 Å². The van der Waals surface area contributed by atoms with Gasteiger partial charge in [-0.15, -0.1) is 0 Å². The first kappa shape index (κ1) is 17.5. The van der Waals surface area contributed by atoms with Gasteiger partial charge in [-0.2, -0.15) is 13.2 Å². The van der Waals surface area contributed by atoms with E-state index in [-0.39, 0.29) is 24.3 Å². The smallest absolute Gasteiger partial charge is 0.336 e. The zero-order valence-corrected chi connectivity index (χ0v) is 12.7. The fraction of sp³-hybridized carbons (Fsp3) is 0.267. The molecule has 1 aromatic heterocycles. The topological polar surface area (TPSA) is 76.0 Å². The molecule has 0 bridgehead atoms. The Hall–Kier alpha value is -2.84. The van der Waals surface area contributed by atoms with Gasteiger partial charge in [0.2, 0.25) is 0 Å². The number of anilines is 1. The number of halogens is 3. The molecule has 0 spiro atoms. The van der Waals surface area contributed by atoms with E-state index < -0.39 is 17.8 Å². The van der Waals surface area contributed by atoms with Crippen LogP contribution in [0.4, 0.5) is 23.7 Å². The number of rotatable bonds is 4. The molecule has 9 heteroatoms. The van der Waals surface area contributed by atoms with Crippen molar-refractivity contribution in [3.63, 3.8) is 0 Å². The highest BCUT2D eigenvalue weighted by molar-refractivity contribution is 5.89. The van der Waals surface area contributed by atoms with Crippen LogP contribution in [0.25, 0.3) is 0 Å². The summed E-state index contributed by atoms with van der Waals surface area (Å²) in [6.07, 6.45) is -3.11. The quantitative estimate of drug-likeness (QED) is 0.897. The Morgan fingerprint density at radius 3 is 2.71 bits per heavy atom. The molecule has 24 heavy (non-hydrogen) atoms. The van der Waals surface area contributed by atoms with Crippen molar-refractivity contribution in [2.45, 2.75) is 19.6 Å². The van der Waals surface area contributed by atoms with Crippen molar-refractivity contribution >= 4 is 11.7 Å². The highest BCUT2D eigenvalue weighted by Crippen LogP contribution is 2.30. The first-order valence-corrected chi connectivity index (χ1v) is 7.01. The Balaban J connectivity index is 1.89. The molecular formula is C15H15F3N4O2. The van der Waals surface area contributed by atoms with E-state index in [1.54, 1.807) is 6.92 Å². The number of aromatic nitrogens is 2. The second kappa shape index (κ2) is 7.16. The number of nitrogens with one attached hydrogen (secondary N) is 2. The van der Waals surface area contributed by atoms with Crippen LogP contribution in [0.2, 0.25) is 0 Å². The minimum Gasteiger partial charge on any atom is -0.336 e. The minimum absolute atomic E-state index is 0.0245.